The summed E-state index contributed by atoms with van der Waals surface area (Å²) in [6.45, 7) is 1.49. The van der Waals surface area contributed by atoms with E-state index >= 15 is 0 Å². The summed E-state index contributed by atoms with van der Waals surface area (Å²) in [7, 11) is 0. The first kappa shape index (κ1) is 13.4. The third kappa shape index (κ3) is 4.31. The highest BCUT2D eigenvalue weighted by atomic mass is 16.5. The Labute approximate surface area is 109 Å². The Balaban J connectivity index is 1.53. The molecule has 2 rings (SSSR count). The number of hydrogen-bond donors (Lipinski definition) is 1. The van der Waals surface area contributed by atoms with Gasteiger partial charge in [0.05, 0.1) is 19.3 Å². The van der Waals surface area contributed by atoms with Gasteiger partial charge in [-0.05, 0) is 30.9 Å². The molecule has 1 aliphatic carbocycles. The van der Waals surface area contributed by atoms with Crippen LogP contribution in [0.5, 0.6) is 5.75 Å². The first-order valence-corrected chi connectivity index (χ1v) is 6.80. The second kappa shape index (κ2) is 7.39. The van der Waals surface area contributed by atoms with Crippen LogP contribution in [0.15, 0.2) is 30.3 Å². The normalized spacial score (nSPS) is 17.8. The van der Waals surface area contributed by atoms with Crippen LogP contribution in [0.2, 0.25) is 0 Å². The maximum Gasteiger partial charge on any atom is 0.119 e. The van der Waals surface area contributed by atoms with Crippen LogP contribution in [0.3, 0.4) is 0 Å². The Bertz CT molecular complexity index is 320. The van der Waals surface area contributed by atoms with Crippen molar-refractivity contribution in [2.24, 2.45) is 5.92 Å². The van der Waals surface area contributed by atoms with Crippen molar-refractivity contribution in [2.45, 2.75) is 31.8 Å². The van der Waals surface area contributed by atoms with Gasteiger partial charge in [-0.2, -0.15) is 0 Å². The molecule has 1 saturated carbocycles. The van der Waals surface area contributed by atoms with Gasteiger partial charge in [0.25, 0.3) is 0 Å². The smallest absolute Gasteiger partial charge is 0.119 e. The summed E-state index contributed by atoms with van der Waals surface area (Å²) >= 11 is 0. The lowest BCUT2D eigenvalue weighted by atomic mass is 10.0. The highest BCUT2D eigenvalue weighted by molar-refractivity contribution is 5.20. The standard InChI is InChI=1S/C15H22O3/c16-15(13-6-4-5-7-13)12-17-10-11-18-14-8-2-1-3-9-14/h1-3,8-9,13,15-16H,4-7,10-12H2. The largest absolute Gasteiger partial charge is 0.491 e. The van der Waals surface area contributed by atoms with E-state index in [-0.39, 0.29) is 6.10 Å². The summed E-state index contributed by atoms with van der Waals surface area (Å²) in [6, 6.07) is 9.70. The Morgan fingerprint density at radius 1 is 1.11 bits per heavy atom. The molecule has 0 heterocycles. The van der Waals surface area contributed by atoms with E-state index < -0.39 is 0 Å². The summed E-state index contributed by atoms with van der Waals surface area (Å²) in [5.74, 6) is 1.30. The molecule has 0 amide bonds. The van der Waals surface area contributed by atoms with Crippen molar-refractivity contribution in [2.75, 3.05) is 19.8 Å². The van der Waals surface area contributed by atoms with Gasteiger partial charge in [-0.15, -0.1) is 0 Å². The van der Waals surface area contributed by atoms with Crippen molar-refractivity contribution in [1.29, 1.82) is 0 Å². The van der Waals surface area contributed by atoms with Crippen molar-refractivity contribution in [3.05, 3.63) is 30.3 Å². The minimum absolute atomic E-state index is 0.302. The fourth-order valence-corrected chi connectivity index (χ4v) is 2.42. The van der Waals surface area contributed by atoms with Crippen LogP contribution in [0, 0.1) is 5.92 Å². The van der Waals surface area contributed by atoms with Gasteiger partial charge in [0.2, 0.25) is 0 Å². The molecule has 1 N–H and O–H groups in total. The summed E-state index contributed by atoms with van der Waals surface area (Å²) in [5, 5.41) is 9.90. The average molecular weight is 250 g/mol. The minimum atomic E-state index is -0.302. The van der Waals surface area contributed by atoms with Gasteiger partial charge in [-0.25, -0.2) is 0 Å². The van der Waals surface area contributed by atoms with Gasteiger partial charge in [-0.3, -0.25) is 0 Å². The lowest BCUT2D eigenvalue weighted by Gasteiger charge is -2.17. The second-order valence-electron chi connectivity index (χ2n) is 4.85. The predicted octanol–water partition coefficient (Wildman–Crippen LogP) is 2.63. The Morgan fingerprint density at radius 3 is 2.56 bits per heavy atom. The van der Waals surface area contributed by atoms with Gasteiger partial charge in [0.1, 0.15) is 12.4 Å². The molecule has 1 unspecified atom stereocenters. The number of rotatable bonds is 7. The third-order valence-electron chi connectivity index (χ3n) is 3.47. The van der Waals surface area contributed by atoms with E-state index in [1.807, 2.05) is 30.3 Å². The van der Waals surface area contributed by atoms with Crippen molar-refractivity contribution in [3.63, 3.8) is 0 Å². The summed E-state index contributed by atoms with van der Waals surface area (Å²) in [4.78, 5) is 0. The molecular weight excluding hydrogens is 228 g/mol. The van der Waals surface area contributed by atoms with Crippen molar-refractivity contribution < 1.29 is 14.6 Å². The van der Waals surface area contributed by atoms with Crippen LogP contribution < -0.4 is 4.74 Å². The molecule has 18 heavy (non-hydrogen) atoms. The summed E-state index contributed by atoms with van der Waals surface area (Å²) in [5.41, 5.74) is 0. The van der Waals surface area contributed by atoms with Crippen LogP contribution in [-0.4, -0.2) is 31.0 Å². The van der Waals surface area contributed by atoms with E-state index in [0.29, 0.717) is 25.7 Å². The SMILES string of the molecule is OC(COCCOc1ccccc1)C1CCCC1. The van der Waals surface area contributed by atoms with E-state index in [2.05, 4.69) is 0 Å². The number of aliphatic hydroxyl groups excluding tert-OH is 1. The van der Waals surface area contributed by atoms with E-state index in [9.17, 15) is 5.11 Å². The van der Waals surface area contributed by atoms with Crippen LogP contribution in [0.1, 0.15) is 25.7 Å². The van der Waals surface area contributed by atoms with Crippen LogP contribution in [0.4, 0.5) is 0 Å². The first-order valence-electron chi connectivity index (χ1n) is 6.80. The molecular formula is C15H22O3. The zero-order valence-electron chi connectivity index (χ0n) is 10.8. The highest BCUT2D eigenvalue weighted by Gasteiger charge is 2.22. The number of ether oxygens (including phenoxy) is 2. The lowest BCUT2D eigenvalue weighted by Crippen LogP contribution is -2.24. The second-order valence-corrected chi connectivity index (χ2v) is 4.85. The number of benzene rings is 1. The van der Waals surface area contributed by atoms with E-state index in [4.69, 9.17) is 9.47 Å². The molecule has 1 atom stereocenters. The quantitative estimate of drug-likeness (QED) is 0.756. The number of aliphatic hydroxyl groups is 1. The summed E-state index contributed by atoms with van der Waals surface area (Å²) in [6.07, 6.45) is 4.48. The van der Waals surface area contributed by atoms with E-state index in [0.717, 1.165) is 18.6 Å². The Hall–Kier alpha value is -1.06. The third-order valence-corrected chi connectivity index (χ3v) is 3.47. The molecule has 1 aromatic rings. The molecule has 0 bridgehead atoms. The van der Waals surface area contributed by atoms with Gasteiger partial charge in [0, 0.05) is 0 Å². The van der Waals surface area contributed by atoms with Gasteiger partial charge in [0.15, 0.2) is 0 Å². The fourth-order valence-electron chi connectivity index (χ4n) is 2.42. The molecule has 0 radical (unpaired) electrons. The van der Waals surface area contributed by atoms with Gasteiger partial charge in [-0.1, -0.05) is 31.0 Å². The van der Waals surface area contributed by atoms with Crippen LogP contribution >= 0.6 is 0 Å². The first-order chi connectivity index (χ1) is 8.86. The topological polar surface area (TPSA) is 38.7 Å². The van der Waals surface area contributed by atoms with Crippen molar-refractivity contribution in [1.82, 2.24) is 0 Å². The fraction of sp³-hybridized carbons (Fsp3) is 0.600. The Kier molecular flexibility index (Phi) is 5.49. The molecule has 100 valence electrons. The molecule has 1 fully saturated rings. The van der Waals surface area contributed by atoms with E-state index in [1.165, 1.54) is 12.8 Å². The maximum atomic E-state index is 9.90. The number of hydrogen-bond acceptors (Lipinski definition) is 3. The molecule has 0 aliphatic heterocycles. The monoisotopic (exact) mass is 250 g/mol. The zero-order chi connectivity index (χ0) is 12.6. The number of para-hydroxylation sites is 1. The average Bonchev–Trinajstić information content (AvgIpc) is 2.93. The molecule has 1 aliphatic rings. The summed E-state index contributed by atoms with van der Waals surface area (Å²) < 4.78 is 11.0. The minimum Gasteiger partial charge on any atom is -0.491 e. The van der Waals surface area contributed by atoms with Crippen LogP contribution in [-0.2, 0) is 4.74 Å². The van der Waals surface area contributed by atoms with Gasteiger partial charge < -0.3 is 14.6 Å². The van der Waals surface area contributed by atoms with Crippen molar-refractivity contribution >= 4 is 0 Å². The molecule has 1 aromatic carbocycles. The molecule has 0 saturated heterocycles. The molecule has 0 spiro atoms. The highest BCUT2D eigenvalue weighted by Crippen LogP contribution is 2.27. The maximum absolute atomic E-state index is 9.90. The Morgan fingerprint density at radius 2 is 1.83 bits per heavy atom. The van der Waals surface area contributed by atoms with Gasteiger partial charge >= 0.3 is 0 Å². The molecule has 3 nitrogen and oxygen atoms in total. The van der Waals surface area contributed by atoms with Crippen molar-refractivity contribution in [3.8, 4) is 5.75 Å². The van der Waals surface area contributed by atoms with E-state index in [1.54, 1.807) is 0 Å². The predicted molar refractivity (Wildman–Crippen MR) is 70.7 cm³/mol. The molecule has 3 heteroatoms. The van der Waals surface area contributed by atoms with Crippen LogP contribution in [0.25, 0.3) is 0 Å². The zero-order valence-corrected chi connectivity index (χ0v) is 10.8. The lowest BCUT2D eigenvalue weighted by molar-refractivity contribution is -0.00190. The molecule has 0 aromatic heterocycles.